The van der Waals surface area contributed by atoms with E-state index in [1.807, 2.05) is 0 Å². The zero-order valence-electron chi connectivity index (χ0n) is 9.62. The van der Waals surface area contributed by atoms with E-state index in [0.29, 0.717) is 5.02 Å². The molecule has 2 rings (SSSR count). The summed E-state index contributed by atoms with van der Waals surface area (Å²) < 4.78 is 25.6. The van der Waals surface area contributed by atoms with Crippen LogP contribution in [-0.4, -0.2) is 29.0 Å². The molecule has 1 heterocycles. The third kappa shape index (κ3) is 4.43. The predicted octanol–water partition coefficient (Wildman–Crippen LogP) is 0.943. The van der Waals surface area contributed by atoms with Gasteiger partial charge in [-0.2, -0.15) is 5.21 Å². The minimum atomic E-state index is -3.55. The number of rotatable bonds is 5. The Bertz CT molecular complexity index is 652. The van der Waals surface area contributed by atoms with E-state index in [4.69, 9.17) is 11.6 Å². The Kier molecular flexibility index (Phi) is 4.25. The number of halogens is 1. The number of benzene rings is 1. The van der Waals surface area contributed by atoms with E-state index >= 15 is 0 Å². The summed E-state index contributed by atoms with van der Waals surface area (Å²) in [7, 11) is -3.55. The molecule has 0 aliphatic heterocycles. The van der Waals surface area contributed by atoms with Gasteiger partial charge in [-0.15, -0.1) is 10.2 Å². The molecule has 19 heavy (non-hydrogen) atoms. The Balaban J connectivity index is 1.98. The van der Waals surface area contributed by atoms with Crippen molar-refractivity contribution in [1.29, 1.82) is 0 Å². The van der Waals surface area contributed by atoms with E-state index < -0.39 is 10.0 Å². The maximum atomic E-state index is 11.7. The van der Waals surface area contributed by atoms with Crippen molar-refractivity contribution in [2.24, 2.45) is 0 Å². The molecule has 0 unspecified atom stereocenters. The first-order chi connectivity index (χ1) is 9.05. The molecule has 0 saturated heterocycles. The maximum Gasteiger partial charge on any atom is 0.234 e. The van der Waals surface area contributed by atoms with Gasteiger partial charge in [0.1, 0.15) is 0 Å². The lowest BCUT2D eigenvalue weighted by atomic mass is 10.2. The second-order valence-corrected chi connectivity index (χ2v) is 5.64. The first-order valence-electron chi connectivity index (χ1n) is 5.21. The Morgan fingerprint density at radius 2 is 2.05 bits per heavy atom. The molecule has 0 aliphatic carbocycles. The molecule has 1 aromatic heterocycles. The molecule has 0 saturated carbocycles. The topological polar surface area (TPSA) is 101 Å². The lowest BCUT2D eigenvalue weighted by Crippen LogP contribution is -2.21. The molecular weight excluding hydrogens is 290 g/mol. The number of sulfonamides is 1. The largest absolute Gasteiger partial charge is 0.234 e. The fourth-order valence-electron chi connectivity index (χ4n) is 1.21. The Morgan fingerprint density at radius 1 is 1.32 bits per heavy atom. The highest BCUT2D eigenvalue weighted by molar-refractivity contribution is 7.92. The zero-order valence-corrected chi connectivity index (χ0v) is 11.2. The van der Waals surface area contributed by atoms with Crippen LogP contribution >= 0.6 is 11.6 Å². The quantitative estimate of drug-likeness (QED) is 0.856. The molecule has 0 fully saturated rings. The summed E-state index contributed by atoms with van der Waals surface area (Å²) in [4.78, 5) is 0. The summed E-state index contributed by atoms with van der Waals surface area (Å²) in [5.41, 5.74) is 0.731. The van der Waals surface area contributed by atoms with E-state index in [-0.39, 0.29) is 12.4 Å². The second-order valence-electron chi connectivity index (χ2n) is 3.55. The van der Waals surface area contributed by atoms with Gasteiger partial charge in [-0.25, -0.2) is 13.1 Å². The number of nitrogens with one attached hydrogen (secondary N) is 2. The zero-order chi connectivity index (χ0) is 13.7. The van der Waals surface area contributed by atoms with Crippen LogP contribution in [0.5, 0.6) is 0 Å². The van der Waals surface area contributed by atoms with E-state index in [9.17, 15) is 8.42 Å². The molecule has 7 nitrogen and oxygen atoms in total. The van der Waals surface area contributed by atoms with Gasteiger partial charge in [0.05, 0.1) is 6.54 Å². The SMILES string of the molecule is O=S(=O)(C=Cc1ccc(Cl)cc1)NCc1nn[nH]n1. The van der Waals surface area contributed by atoms with Crippen LogP contribution in [0.3, 0.4) is 0 Å². The Morgan fingerprint density at radius 3 is 2.68 bits per heavy atom. The summed E-state index contributed by atoms with van der Waals surface area (Å²) in [6, 6.07) is 6.79. The van der Waals surface area contributed by atoms with E-state index in [2.05, 4.69) is 25.3 Å². The van der Waals surface area contributed by atoms with Crippen LogP contribution in [0.15, 0.2) is 29.7 Å². The average molecular weight is 300 g/mol. The predicted molar refractivity (Wildman–Crippen MR) is 70.4 cm³/mol. The molecule has 100 valence electrons. The molecule has 0 bridgehead atoms. The second kappa shape index (κ2) is 5.91. The van der Waals surface area contributed by atoms with Crippen LogP contribution in [0, 0.1) is 0 Å². The Hall–Kier alpha value is -1.77. The van der Waals surface area contributed by atoms with Gasteiger partial charge in [0, 0.05) is 10.4 Å². The number of nitrogens with zero attached hydrogens (tertiary/aromatic N) is 3. The molecule has 2 aromatic rings. The molecule has 0 amide bonds. The highest BCUT2D eigenvalue weighted by Gasteiger charge is 2.07. The third-order valence-electron chi connectivity index (χ3n) is 2.13. The smallest absolute Gasteiger partial charge is 0.208 e. The van der Waals surface area contributed by atoms with Crippen LogP contribution in [0.2, 0.25) is 5.02 Å². The number of hydrogen-bond donors (Lipinski definition) is 2. The molecule has 9 heteroatoms. The number of tetrazole rings is 1. The van der Waals surface area contributed by atoms with Crippen LogP contribution in [-0.2, 0) is 16.6 Å². The average Bonchev–Trinajstić information content (AvgIpc) is 2.89. The lowest BCUT2D eigenvalue weighted by molar-refractivity contribution is 0.589. The van der Waals surface area contributed by atoms with E-state index in [1.165, 1.54) is 6.08 Å². The standard InChI is InChI=1S/C10H10ClN5O2S/c11-9-3-1-8(2-4-9)5-6-19(17,18)12-7-10-13-15-16-14-10/h1-6,12H,7H2,(H,13,14,15,16). The minimum absolute atomic E-state index is 0.0240. The fraction of sp³-hybridized carbons (Fsp3) is 0.100. The van der Waals surface area contributed by atoms with Gasteiger partial charge in [-0.1, -0.05) is 28.9 Å². The van der Waals surface area contributed by atoms with Crippen molar-refractivity contribution < 1.29 is 8.42 Å². The summed E-state index contributed by atoms with van der Waals surface area (Å²) >= 11 is 5.73. The van der Waals surface area contributed by atoms with Gasteiger partial charge in [0.15, 0.2) is 5.82 Å². The highest BCUT2D eigenvalue weighted by Crippen LogP contribution is 2.11. The first-order valence-corrected chi connectivity index (χ1v) is 7.13. The third-order valence-corrected chi connectivity index (χ3v) is 3.42. The van der Waals surface area contributed by atoms with Crippen molar-refractivity contribution in [1.82, 2.24) is 25.3 Å². The van der Waals surface area contributed by atoms with Gasteiger partial charge in [0.25, 0.3) is 0 Å². The summed E-state index contributed by atoms with van der Waals surface area (Å²) in [5, 5.41) is 14.5. The van der Waals surface area contributed by atoms with Crippen molar-refractivity contribution >= 4 is 27.7 Å². The molecule has 0 aliphatic rings. The van der Waals surface area contributed by atoms with Gasteiger partial charge in [-0.05, 0) is 23.8 Å². The van der Waals surface area contributed by atoms with Crippen molar-refractivity contribution in [3.8, 4) is 0 Å². The van der Waals surface area contributed by atoms with Crippen molar-refractivity contribution in [3.63, 3.8) is 0 Å². The first kappa shape index (κ1) is 13.7. The lowest BCUT2D eigenvalue weighted by Gasteiger charge is -1.99. The van der Waals surface area contributed by atoms with Crippen LogP contribution in [0.25, 0.3) is 6.08 Å². The van der Waals surface area contributed by atoms with Gasteiger partial charge in [0.2, 0.25) is 10.0 Å². The van der Waals surface area contributed by atoms with Gasteiger partial charge < -0.3 is 0 Å². The molecule has 2 N–H and O–H groups in total. The molecule has 0 atom stereocenters. The van der Waals surface area contributed by atoms with Crippen molar-refractivity contribution in [2.45, 2.75) is 6.54 Å². The Labute approximate surface area is 114 Å². The minimum Gasteiger partial charge on any atom is -0.208 e. The number of aromatic amines is 1. The van der Waals surface area contributed by atoms with Crippen LogP contribution in [0.4, 0.5) is 0 Å². The van der Waals surface area contributed by atoms with E-state index in [0.717, 1.165) is 11.0 Å². The van der Waals surface area contributed by atoms with Crippen LogP contribution < -0.4 is 4.72 Å². The normalized spacial score (nSPS) is 12.1. The van der Waals surface area contributed by atoms with Crippen LogP contribution in [0.1, 0.15) is 11.4 Å². The number of aromatic nitrogens is 4. The summed E-state index contributed by atoms with van der Waals surface area (Å²) in [6.45, 7) is -0.0240. The maximum absolute atomic E-state index is 11.7. The molecule has 0 spiro atoms. The van der Waals surface area contributed by atoms with Gasteiger partial charge >= 0.3 is 0 Å². The molecule has 1 aromatic carbocycles. The monoisotopic (exact) mass is 299 g/mol. The van der Waals surface area contributed by atoms with Crippen molar-refractivity contribution in [3.05, 3.63) is 46.1 Å². The number of H-pyrrole nitrogens is 1. The number of hydrogen-bond acceptors (Lipinski definition) is 5. The van der Waals surface area contributed by atoms with Crippen molar-refractivity contribution in [2.75, 3.05) is 0 Å². The molecular formula is C10H10ClN5O2S. The molecule has 0 radical (unpaired) electrons. The van der Waals surface area contributed by atoms with E-state index in [1.54, 1.807) is 24.3 Å². The highest BCUT2D eigenvalue weighted by atomic mass is 35.5. The summed E-state index contributed by atoms with van der Waals surface area (Å²) in [5.74, 6) is 0.267. The summed E-state index contributed by atoms with van der Waals surface area (Å²) in [6.07, 6.45) is 1.47. The fourth-order valence-corrected chi connectivity index (χ4v) is 2.10. The van der Waals surface area contributed by atoms with Gasteiger partial charge in [-0.3, -0.25) is 0 Å².